The van der Waals surface area contributed by atoms with Gasteiger partial charge in [0.05, 0.1) is 27.9 Å². The van der Waals surface area contributed by atoms with Gasteiger partial charge in [0.25, 0.3) is 5.78 Å². The molecule has 34 heavy (non-hydrogen) atoms. The van der Waals surface area contributed by atoms with E-state index < -0.39 is 17.7 Å². The first-order valence-electron chi connectivity index (χ1n) is 10.0. The molecule has 1 unspecified atom stereocenters. The van der Waals surface area contributed by atoms with Crippen molar-refractivity contribution < 1.29 is 19.4 Å². The number of ether oxygens (including phenoxy) is 1. The number of ketones is 1. The number of aromatic nitrogens is 1. The third-order valence-corrected chi connectivity index (χ3v) is 8.21. The summed E-state index contributed by atoms with van der Waals surface area (Å²) in [6.07, 6.45) is 0. The van der Waals surface area contributed by atoms with Crippen LogP contribution in [0, 0.1) is 6.92 Å². The number of halogens is 2. The number of methoxy groups -OCH3 is 1. The van der Waals surface area contributed by atoms with Gasteiger partial charge in [-0.05, 0) is 54.3 Å². The highest BCUT2D eigenvalue weighted by molar-refractivity contribution is 7.22. The number of benzene rings is 2. The molecule has 1 fully saturated rings. The summed E-state index contributed by atoms with van der Waals surface area (Å²) >= 11 is 15.0. The van der Waals surface area contributed by atoms with Gasteiger partial charge in [-0.1, -0.05) is 40.6 Å². The number of Topliss-reactive ketones (excluding diaryl/α,β-unsaturated/α-hetero) is 1. The lowest BCUT2D eigenvalue weighted by atomic mass is 10.00. The van der Waals surface area contributed by atoms with Crippen LogP contribution in [-0.2, 0) is 9.59 Å². The summed E-state index contributed by atoms with van der Waals surface area (Å²) in [6.45, 7) is 1.89. The van der Waals surface area contributed by atoms with Crippen molar-refractivity contribution in [2.45, 2.75) is 13.0 Å². The molecule has 0 radical (unpaired) electrons. The predicted octanol–water partition coefficient (Wildman–Crippen LogP) is 6.61. The topological polar surface area (TPSA) is 79.7 Å². The fourth-order valence-electron chi connectivity index (χ4n) is 3.85. The number of thiophene rings is 1. The third-order valence-electron chi connectivity index (χ3n) is 5.55. The Labute approximate surface area is 212 Å². The maximum Gasteiger partial charge on any atom is 0.301 e. The van der Waals surface area contributed by atoms with Gasteiger partial charge >= 0.3 is 5.91 Å². The SMILES string of the molecule is COc1cc(/C(O)=C2\C(=O)C(=O)N(c3nc4cc(Cl)c(C)cc4s3)C2c2cccs2)ccc1Cl. The van der Waals surface area contributed by atoms with Gasteiger partial charge in [0.1, 0.15) is 17.6 Å². The van der Waals surface area contributed by atoms with Crippen molar-refractivity contribution >= 4 is 78.7 Å². The van der Waals surface area contributed by atoms with E-state index in [4.69, 9.17) is 27.9 Å². The fourth-order valence-corrected chi connectivity index (χ4v) is 6.10. The van der Waals surface area contributed by atoms with E-state index in [0.717, 1.165) is 15.1 Å². The highest BCUT2D eigenvalue weighted by Crippen LogP contribution is 2.46. The van der Waals surface area contributed by atoms with Gasteiger partial charge in [0.2, 0.25) is 0 Å². The van der Waals surface area contributed by atoms with Crippen molar-refractivity contribution in [2.24, 2.45) is 0 Å². The molecule has 1 saturated heterocycles. The second-order valence-corrected chi connectivity index (χ2v) is 10.4. The van der Waals surface area contributed by atoms with E-state index in [1.54, 1.807) is 18.2 Å². The lowest BCUT2D eigenvalue weighted by Gasteiger charge is -2.21. The van der Waals surface area contributed by atoms with Crippen LogP contribution in [-0.4, -0.2) is 28.9 Å². The number of aryl methyl sites for hydroxylation is 1. The zero-order valence-corrected chi connectivity index (χ0v) is 21.0. The molecule has 3 heterocycles. The fraction of sp³-hybridized carbons (Fsp3) is 0.125. The first-order valence-corrected chi connectivity index (χ1v) is 12.5. The number of hydrogen-bond acceptors (Lipinski definition) is 7. The lowest BCUT2D eigenvalue weighted by Crippen LogP contribution is -2.28. The van der Waals surface area contributed by atoms with Crippen LogP contribution in [0.15, 0.2) is 53.4 Å². The quantitative estimate of drug-likeness (QED) is 0.182. The second-order valence-electron chi connectivity index (χ2n) is 7.60. The minimum absolute atomic E-state index is 0.0229. The van der Waals surface area contributed by atoms with Crippen LogP contribution in [0.4, 0.5) is 5.13 Å². The Morgan fingerprint density at radius 3 is 2.65 bits per heavy atom. The molecule has 1 amide bonds. The minimum Gasteiger partial charge on any atom is -0.507 e. The largest absolute Gasteiger partial charge is 0.507 e. The number of aliphatic hydroxyl groups excluding tert-OH is 1. The molecule has 0 bridgehead atoms. The van der Waals surface area contributed by atoms with Gasteiger partial charge in [-0.25, -0.2) is 4.98 Å². The maximum absolute atomic E-state index is 13.3. The molecule has 0 aliphatic carbocycles. The molecular formula is C24H16Cl2N2O4S2. The first-order chi connectivity index (χ1) is 16.3. The Morgan fingerprint density at radius 1 is 1.15 bits per heavy atom. The third kappa shape index (κ3) is 3.67. The number of nitrogens with zero attached hydrogens (tertiary/aromatic N) is 2. The molecule has 0 saturated carbocycles. The highest BCUT2D eigenvalue weighted by atomic mass is 35.5. The van der Waals surface area contributed by atoms with Crippen molar-refractivity contribution in [1.82, 2.24) is 4.98 Å². The zero-order valence-electron chi connectivity index (χ0n) is 17.8. The van der Waals surface area contributed by atoms with E-state index in [9.17, 15) is 14.7 Å². The van der Waals surface area contributed by atoms with Crippen LogP contribution in [0.2, 0.25) is 10.0 Å². The van der Waals surface area contributed by atoms with Crippen LogP contribution in [0.3, 0.4) is 0 Å². The molecule has 5 rings (SSSR count). The molecule has 2 aromatic heterocycles. The molecule has 4 aromatic rings. The standard InChI is InChI=1S/C24H16Cl2N2O4S2/c1-11-8-18-15(10-14(11)26)27-24(34-18)28-20(17-4-3-7-33-17)19(22(30)23(28)31)21(29)12-5-6-13(25)16(9-12)32-2/h3-10,20,29H,1-2H3/b21-19+. The number of aliphatic hydroxyl groups is 1. The monoisotopic (exact) mass is 530 g/mol. The average molecular weight is 531 g/mol. The summed E-state index contributed by atoms with van der Waals surface area (Å²) in [5.41, 5.74) is 1.81. The van der Waals surface area contributed by atoms with Gasteiger partial charge in [0, 0.05) is 15.5 Å². The number of carbonyl (C=O) groups is 2. The maximum atomic E-state index is 13.3. The van der Waals surface area contributed by atoms with Crippen LogP contribution in [0.25, 0.3) is 16.0 Å². The predicted molar refractivity (Wildman–Crippen MR) is 136 cm³/mol. The van der Waals surface area contributed by atoms with Crippen molar-refractivity contribution in [3.05, 3.63) is 79.5 Å². The normalized spacial score (nSPS) is 17.6. The molecule has 1 aliphatic heterocycles. The number of fused-ring (bicyclic) bond motifs is 1. The molecule has 10 heteroatoms. The molecule has 2 aromatic carbocycles. The van der Waals surface area contributed by atoms with Gasteiger partial charge in [-0.3, -0.25) is 14.5 Å². The number of amides is 1. The molecule has 1 aliphatic rings. The van der Waals surface area contributed by atoms with Crippen LogP contribution in [0.5, 0.6) is 5.75 Å². The summed E-state index contributed by atoms with van der Waals surface area (Å²) in [7, 11) is 1.46. The Kier molecular flexibility index (Phi) is 5.85. The lowest BCUT2D eigenvalue weighted by molar-refractivity contribution is -0.132. The Morgan fingerprint density at radius 2 is 1.94 bits per heavy atom. The first kappa shape index (κ1) is 22.9. The highest BCUT2D eigenvalue weighted by Gasteiger charge is 2.48. The van der Waals surface area contributed by atoms with Gasteiger partial charge in [-0.2, -0.15) is 0 Å². The summed E-state index contributed by atoms with van der Waals surface area (Å²) in [5.74, 6) is -1.53. The van der Waals surface area contributed by atoms with E-state index in [1.165, 1.54) is 40.7 Å². The van der Waals surface area contributed by atoms with Crippen molar-refractivity contribution in [1.29, 1.82) is 0 Å². The van der Waals surface area contributed by atoms with E-state index >= 15 is 0 Å². The van der Waals surface area contributed by atoms with Crippen molar-refractivity contribution in [2.75, 3.05) is 12.0 Å². The molecule has 1 atom stereocenters. The van der Waals surface area contributed by atoms with E-state index in [1.807, 2.05) is 30.5 Å². The number of anilines is 1. The van der Waals surface area contributed by atoms with E-state index in [2.05, 4.69) is 4.98 Å². The van der Waals surface area contributed by atoms with E-state index in [0.29, 0.717) is 32.0 Å². The second kappa shape index (κ2) is 8.70. The van der Waals surface area contributed by atoms with Crippen LogP contribution in [0.1, 0.15) is 22.0 Å². The average Bonchev–Trinajstić information content (AvgIpc) is 3.53. The van der Waals surface area contributed by atoms with Gasteiger partial charge in [-0.15, -0.1) is 11.3 Å². The molecule has 0 spiro atoms. The molecule has 6 nitrogen and oxygen atoms in total. The summed E-state index contributed by atoms with van der Waals surface area (Å²) in [6, 6.07) is 11.1. The molecular weight excluding hydrogens is 515 g/mol. The van der Waals surface area contributed by atoms with Crippen LogP contribution < -0.4 is 9.64 Å². The van der Waals surface area contributed by atoms with Gasteiger partial charge < -0.3 is 9.84 Å². The number of rotatable bonds is 4. The Bertz CT molecular complexity index is 1460. The zero-order chi connectivity index (χ0) is 24.1. The summed E-state index contributed by atoms with van der Waals surface area (Å²) < 4.78 is 6.08. The van der Waals surface area contributed by atoms with E-state index in [-0.39, 0.29) is 11.3 Å². The summed E-state index contributed by atoms with van der Waals surface area (Å²) in [5, 5.41) is 14.3. The molecule has 1 N–H and O–H groups in total. The van der Waals surface area contributed by atoms with Gasteiger partial charge in [0.15, 0.2) is 5.13 Å². The van der Waals surface area contributed by atoms with Crippen LogP contribution >= 0.6 is 45.9 Å². The van der Waals surface area contributed by atoms with Crippen molar-refractivity contribution in [3.63, 3.8) is 0 Å². The number of hydrogen-bond donors (Lipinski definition) is 1. The summed E-state index contributed by atoms with van der Waals surface area (Å²) in [4.78, 5) is 33.2. The Balaban J connectivity index is 1.71. The molecule has 172 valence electrons. The number of carbonyl (C=O) groups excluding carboxylic acids is 2. The minimum atomic E-state index is -0.834. The Hall–Kier alpha value is -2.91. The number of thiazole rings is 1. The smallest absolute Gasteiger partial charge is 0.301 e. The van der Waals surface area contributed by atoms with Crippen molar-refractivity contribution in [3.8, 4) is 5.75 Å².